The summed E-state index contributed by atoms with van der Waals surface area (Å²) < 4.78 is 0. The molecule has 5 nitrogen and oxygen atoms in total. The summed E-state index contributed by atoms with van der Waals surface area (Å²) in [5.74, 6) is 0.589. The Morgan fingerprint density at radius 1 is 0.906 bits per heavy atom. The van der Waals surface area contributed by atoms with E-state index in [2.05, 4.69) is 13.8 Å². The number of unbranched alkanes of at least 4 members (excludes halogenated alkanes) is 2. The van der Waals surface area contributed by atoms with E-state index in [-0.39, 0.29) is 29.4 Å². The number of hydrogen-bond acceptors (Lipinski definition) is 4. The van der Waals surface area contributed by atoms with Crippen molar-refractivity contribution in [3.05, 3.63) is 35.9 Å². The standard InChI is InChI=1S/C11H15NO.C7H14O.C6H12O.C3H6O/c1-8(2)10(11(12)13)9-6-4-3-5-7-9;1-3-4-5-6-7(2)8;1-3-4-6(2)5-7;1-3(2)4/h3-8,10H,1-2H3,(H2,12,13);3-6H2,1-2H3;5-6H,3-4H2,1-2H3;1-2H3/t10-;;;/m0.../s1. The Labute approximate surface area is 196 Å². The van der Waals surface area contributed by atoms with Gasteiger partial charge in [0.2, 0.25) is 5.91 Å². The molecule has 1 amide bonds. The number of nitrogens with two attached hydrogens (primary N) is 1. The Morgan fingerprint density at radius 3 is 1.69 bits per heavy atom. The summed E-state index contributed by atoms with van der Waals surface area (Å²) in [5, 5.41) is 0. The molecular formula is C27H47NO4. The van der Waals surface area contributed by atoms with Crippen molar-refractivity contribution in [3.63, 3.8) is 0 Å². The molecule has 0 aliphatic rings. The highest BCUT2D eigenvalue weighted by atomic mass is 16.1. The molecule has 0 heterocycles. The summed E-state index contributed by atoms with van der Waals surface area (Å²) in [7, 11) is 0. The molecule has 0 bridgehead atoms. The third-order valence-corrected chi connectivity index (χ3v) is 4.24. The molecule has 184 valence electrons. The Kier molecular flexibility index (Phi) is 25.1. The van der Waals surface area contributed by atoms with Crippen LogP contribution < -0.4 is 5.73 Å². The van der Waals surface area contributed by atoms with Crippen LogP contribution in [0.3, 0.4) is 0 Å². The van der Waals surface area contributed by atoms with Crippen molar-refractivity contribution in [2.24, 2.45) is 17.6 Å². The van der Waals surface area contributed by atoms with E-state index in [0.29, 0.717) is 5.78 Å². The predicted molar refractivity (Wildman–Crippen MR) is 135 cm³/mol. The first-order valence-electron chi connectivity index (χ1n) is 11.7. The Morgan fingerprint density at radius 2 is 1.41 bits per heavy atom. The molecule has 1 rings (SSSR count). The normalized spacial score (nSPS) is 11.3. The molecule has 0 spiro atoms. The number of carbonyl (C=O) groups is 4. The van der Waals surface area contributed by atoms with Gasteiger partial charge >= 0.3 is 0 Å². The van der Waals surface area contributed by atoms with E-state index in [4.69, 9.17) is 5.73 Å². The maximum atomic E-state index is 11.2. The van der Waals surface area contributed by atoms with Crippen molar-refractivity contribution >= 4 is 23.8 Å². The quantitative estimate of drug-likeness (QED) is 0.336. The molecule has 0 aromatic heterocycles. The first-order chi connectivity index (χ1) is 14.9. The van der Waals surface area contributed by atoms with Crippen LogP contribution in [0.4, 0.5) is 0 Å². The number of ketones is 2. The fourth-order valence-electron chi connectivity index (χ4n) is 2.69. The minimum Gasteiger partial charge on any atom is -0.369 e. The topological polar surface area (TPSA) is 94.3 Å². The van der Waals surface area contributed by atoms with Crippen molar-refractivity contribution in [1.82, 2.24) is 0 Å². The van der Waals surface area contributed by atoms with Gasteiger partial charge in [0, 0.05) is 12.3 Å². The fraction of sp³-hybridized carbons (Fsp3) is 0.630. The number of carbonyl (C=O) groups excluding carboxylic acids is 4. The van der Waals surface area contributed by atoms with Crippen LogP contribution in [0.2, 0.25) is 0 Å². The SMILES string of the molecule is CC(C)=O.CC(C)[C@H](C(N)=O)c1ccccc1.CCCC(C)C=O.CCCCCC(C)=O. The van der Waals surface area contributed by atoms with Crippen LogP contribution in [0.15, 0.2) is 30.3 Å². The molecule has 2 atom stereocenters. The zero-order chi connectivity index (χ0) is 25.5. The molecule has 5 heteroatoms. The second-order valence-electron chi connectivity index (χ2n) is 8.50. The van der Waals surface area contributed by atoms with Gasteiger partial charge in [0.25, 0.3) is 0 Å². The first kappa shape index (κ1) is 34.3. The summed E-state index contributed by atoms with van der Waals surface area (Å²) in [4.78, 5) is 40.8. The van der Waals surface area contributed by atoms with Crippen LogP contribution in [0.25, 0.3) is 0 Å². The van der Waals surface area contributed by atoms with Gasteiger partial charge < -0.3 is 20.1 Å². The highest BCUT2D eigenvalue weighted by molar-refractivity contribution is 5.82. The fourth-order valence-corrected chi connectivity index (χ4v) is 2.69. The van der Waals surface area contributed by atoms with E-state index in [1.165, 1.54) is 26.7 Å². The van der Waals surface area contributed by atoms with Crippen molar-refractivity contribution < 1.29 is 19.2 Å². The lowest BCUT2D eigenvalue weighted by Gasteiger charge is -2.17. The maximum Gasteiger partial charge on any atom is 0.225 e. The van der Waals surface area contributed by atoms with Gasteiger partial charge in [0.1, 0.15) is 17.9 Å². The molecule has 0 fully saturated rings. The molecule has 0 aliphatic carbocycles. The van der Waals surface area contributed by atoms with Crippen molar-refractivity contribution in [2.75, 3.05) is 0 Å². The molecule has 0 radical (unpaired) electrons. The van der Waals surface area contributed by atoms with E-state index >= 15 is 0 Å². The van der Waals surface area contributed by atoms with E-state index in [9.17, 15) is 19.2 Å². The Hall–Kier alpha value is -2.30. The maximum absolute atomic E-state index is 11.2. The van der Waals surface area contributed by atoms with Gasteiger partial charge in [-0.05, 0) is 45.1 Å². The van der Waals surface area contributed by atoms with Crippen LogP contribution in [0.1, 0.15) is 105 Å². The second-order valence-corrected chi connectivity index (χ2v) is 8.50. The summed E-state index contributed by atoms with van der Waals surface area (Å²) >= 11 is 0. The summed E-state index contributed by atoms with van der Waals surface area (Å²) in [6.45, 7) is 14.9. The van der Waals surface area contributed by atoms with Crippen molar-refractivity contribution in [1.29, 1.82) is 0 Å². The second kappa shape index (κ2) is 23.4. The molecule has 32 heavy (non-hydrogen) atoms. The van der Waals surface area contributed by atoms with E-state index in [0.717, 1.165) is 37.5 Å². The minimum atomic E-state index is -0.249. The van der Waals surface area contributed by atoms with E-state index < -0.39 is 0 Å². The van der Waals surface area contributed by atoms with Crippen LogP contribution in [-0.2, 0) is 19.2 Å². The van der Waals surface area contributed by atoms with Gasteiger partial charge in [-0.15, -0.1) is 0 Å². The van der Waals surface area contributed by atoms with Crippen molar-refractivity contribution in [2.45, 2.75) is 99.8 Å². The summed E-state index contributed by atoms with van der Waals surface area (Å²) in [5.41, 5.74) is 6.34. The number of benzene rings is 1. The van der Waals surface area contributed by atoms with Crippen LogP contribution >= 0.6 is 0 Å². The monoisotopic (exact) mass is 449 g/mol. The first-order valence-corrected chi connectivity index (χ1v) is 11.7. The Bertz CT molecular complexity index is 607. The largest absolute Gasteiger partial charge is 0.369 e. The zero-order valence-electron chi connectivity index (χ0n) is 21.6. The highest BCUT2D eigenvalue weighted by Gasteiger charge is 2.20. The molecule has 0 saturated heterocycles. The number of amides is 1. The van der Waals surface area contributed by atoms with Gasteiger partial charge in [0.15, 0.2) is 0 Å². The smallest absolute Gasteiger partial charge is 0.225 e. The number of Topliss-reactive ketones (excluding diaryl/α,β-unsaturated/α-hetero) is 2. The molecule has 2 N–H and O–H groups in total. The molecular weight excluding hydrogens is 402 g/mol. The van der Waals surface area contributed by atoms with Crippen LogP contribution in [-0.4, -0.2) is 23.8 Å². The predicted octanol–water partition coefficient (Wildman–Crippen LogP) is 6.28. The van der Waals surface area contributed by atoms with Gasteiger partial charge in [-0.1, -0.05) is 84.2 Å². The minimum absolute atomic E-state index is 0.166. The zero-order valence-corrected chi connectivity index (χ0v) is 21.6. The molecule has 0 aliphatic heterocycles. The van der Waals surface area contributed by atoms with E-state index in [1.807, 2.05) is 51.1 Å². The Balaban J connectivity index is -0.000000384. The van der Waals surface area contributed by atoms with Crippen LogP contribution in [0, 0.1) is 11.8 Å². The number of rotatable bonds is 10. The highest BCUT2D eigenvalue weighted by Crippen LogP contribution is 2.23. The average molecular weight is 450 g/mol. The lowest BCUT2D eigenvalue weighted by Crippen LogP contribution is -2.25. The third kappa shape index (κ3) is 25.7. The van der Waals surface area contributed by atoms with Gasteiger partial charge in [-0.25, -0.2) is 0 Å². The lowest BCUT2D eigenvalue weighted by molar-refractivity contribution is -0.120. The molecule has 0 saturated carbocycles. The molecule has 1 unspecified atom stereocenters. The lowest BCUT2D eigenvalue weighted by atomic mass is 9.88. The number of primary amides is 1. The third-order valence-electron chi connectivity index (χ3n) is 4.24. The van der Waals surface area contributed by atoms with Crippen LogP contribution in [0.5, 0.6) is 0 Å². The number of aldehydes is 1. The average Bonchev–Trinajstić information content (AvgIpc) is 2.69. The molecule has 1 aromatic carbocycles. The van der Waals surface area contributed by atoms with Crippen molar-refractivity contribution in [3.8, 4) is 0 Å². The van der Waals surface area contributed by atoms with E-state index in [1.54, 1.807) is 6.92 Å². The van der Waals surface area contributed by atoms with Gasteiger partial charge in [-0.3, -0.25) is 4.79 Å². The van der Waals surface area contributed by atoms with Gasteiger partial charge in [0.05, 0.1) is 5.92 Å². The number of hydrogen-bond donors (Lipinski definition) is 1. The summed E-state index contributed by atoms with van der Waals surface area (Å²) in [6.07, 6.45) is 7.39. The summed E-state index contributed by atoms with van der Waals surface area (Å²) in [6, 6.07) is 9.66. The molecule has 1 aromatic rings. The van der Waals surface area contributed by atoms with Gasteiger partial charge in [-0.2, -0.15) is 0 Å².